The molecule has 2 heteroatoms. The second kappa shape index (κ2) is 2.97. The standard InChI is InChI=1S/C8H11NS/c1-2-6-3-4-7(9)5-8(6)10/h3-5,10H,2,9H2,1H3. The van der Waals surface area contributed by atoms with Crippen LogP contribution in [0.5, 0.6) is 0 Å². The van der Waals surface area contributed by atoms with Crippen molar-refractivity contribution in [3.8, 4) is 0 Å². The fourth-order valence-electron chi connectivity index (χ4n) is 0.880. The smallest absolute Gasteiger partial charge is 0.0325 e. The summed E-state index contributed by atoms with van der Waals surface area (Å²) in [5.74, 6) is 0. The lowest BCUT2D eigenvalue weighted by Crippen LogP contribution is -1.87. The first kappa shape index (κ1) is 7.48. The zero-order chi connectivity index (χ0) is 7.56. The van der Waals surface area contributed by atoms with Crippen molar-refractivity contribution >= 4 is 18.3 Å². The fourth-order valence-corrected chi connectivity index (χ4v) is 1.26. The van der Waals surface area contributed by atoms with Crippen LogP contribution in [0.3, 0.4) is 0 Å². The Kier molecular flexibility index (Phi) is 2.22. The molecule has 0 aromatic heterocycles. The number of nitrogen functional groups attached to an aromatic ring is 1. The summed E-state index contributed by atoms with van der Waals surface area (Å²) in [7, 11) is 0. The van der Waals surface area contributed by atoms with Gasteiger partial charge in [-0.05, 0) is 24.1 Å². The van der Waals surface area contributed by atoms with Crippen LogP contribution in [0.25, 0.3) is 0 Å². The van der Waals surface area contributed by atoms with Gasteiger partial charge >= 0.3 is 0 Å². The van der Waals surface area contributed by atoms with E-state index in [9.17, 15) is 0 Å². The Bertz CT molecular complexity index is 233. The molecule has 0 atom stereocenters. The highest BCUT2D eigenvalue weighted by atomic mass is 32.1. The molecule has 0 bridgehead atoms. The maximum Gasteiger partial charge on any atom is 0.0325 e. The largest absolute Gasteiger partial charge is 0.399 e. The molecule has 0 radical (unpaired) electrons. The van der Waals surface area contributed by atoms with Gasteiger partial charge in [-0.2, -0.15) is 0 Å². The molecule has 0 heterocycles. The molecule has 1 aromatic rings. The Morgan fingerprint density at radius 2 is 2.20 bits per heavy atom. The van der Waals surface area contributed by atoms with Crippen LogP contribution in [-0.4, -0.2) is 0 Å². The lowest BCUT2D eigenvalue weighted by molar-refractivity contribution is 1.09. The van der Waals surface area contributed by atoms with Crippen molar-refractivity contribution in [2.75, 3.05) is 5.73 Å². The topological polar surface area (TPSA) is 26.0 Å². The molecule has 0 aliphatic carbocycles. The Hall–Kier alpha value is -0.630. The highest BCUT2D eigenvalue weighted by Gasteiger charge is 1.94. The molecule has 1 rings (SSSR count). The van der Waals surface area contributed by atoms with Crippen molar-refractivity contribution < 1.29 is 0 Å². The lowest BCUT2D eigenvalue weighted by Gasteiger charge is -2.01. The second-order valence-electron chi connectivity index (χ2n) is 2.24. The first-order chi connectivity index (χ1) is 4.74. The number of aryl methyl sites for hydroxylation is 1. The summed E-state index contributed by atoms with van der Waals surface area (Å²) in [6, 6.07) is 5.79. The van der Waals surface area contributed by atoms with E-state index in [0.717, 1.165) is 17.0 Å². The van der Waals surface area contributed by atoms with E-state index in [2.05, 4.69) is 19.6 Å². The van der Waals surface area contributed by atoms with Gasteiger partial charge < -0.3 is 5.73 Å². The average molecular weight is 153 g/mol. The summed E-state index contributed by atoms with van der Waals surface area (Å²) in [6.45, 7) is 2.10. The van der Waals surface area contributed by atoms with Crippen molar-refractivity contribution in [1.82, 2.24) is 0 Å². The normalized spacial score (nSPS) is 9.80. The van der Waals surface area contributed by atoms with Gasteiger partial charge in [-0.3, -0.25) is 0 Å². The highest BCUT2D eigenvalue weighted by molar-refractivity contribution is 7.80. The third-order valence-electron chi connectivity index (χ3n) is 1.49. The van der Waals surface area contributed by atoms with Gasteiger partial charge in [0.1, 0.15) is 0 Å². The minimum absolute atomic E-state index is 0.780. The first-order valence-corrected chi connectivity index (χ1v) is 3.76. The summed E-state index contributed by atoms with van der Waals surface area (Å²) in [6.07, 6.45) is 1.01. The van der Waals surface area contributed by atoms with Crippen molar-refractivity contribution in [3.63, 3.8) is 0 Å². The minimum atomic E-state index is 0.780. The van der Waals surface area contributed by atoms with E-state index in [1.807, 2.05) is 18.2 Å². The molecule has 2 N–H and O–H groups in total. The zero-order valence-corrected chi connectivity index (χ0v) is 6.86. The summed E-state index contributed by atoms with van der Waals surface area (Å²) >= 11 is 4.27. The Balaban J connectivity index is 3.07. The SMILES string of the molecule is CCc1ccc(N)cc1S. The van der Waals surface area contributed by atoms with Gasteiger partial charge in [-0.25, -0.2) is 0 Å². The van der Waals surface area contributed by atoms with E-state index in [1.54, 1.807) is 0 Å². The molecule has 0 saturated heterocycles. The maximum absolute atomic E-state index is 5.53. The molecule has 0 aliphatic heterocycles. The van der Waals surface area contributed by atoms with Gasteiger partial charge in [-0.15, -0.1) is 12.6 Å². The molecule has 10 heavy (non-hydrogen) atoms. The van der Waals surface area contributed by atoms with E-state index in [1.165, 1.54) is 5.56 Å². The number of benzene rings is 1. The second-order valence-corrected chi connectivity index (χ2v) is 2.72. The quantitative estimate of drug-likeness (QED) is 0.469. The van der Waals surface area contributed by atoms with Crippen LogP contribution < -0.4 is 5.73 Å². The maximum atomic E-state index is 5.53. The number of hydrogen-bond acceptors (Lipinski definition) is 2. The van der Waals surface area contributed by atoms with Crippen molar-refractivity contribution in [3.05, 3.63) is 23.8 Å². The lowest BCUT2D eigenvalue weighted by atomic mass is 10.1. The molecular formula is C8H11NS. The number of anilines is 1. The molecule has 0 saturated carbocycles. The summed E-state index contributed by atoms with van der Waals surface area (Å²) < 4.78 is 0. The third kappa shape index (κ3) is 1.45. The molecule has 0 unspecified atom stereocenters. The van der Waals surface area contributed by atoms with Gasteiger partial charge in [0, 0.05) is 10.6 Å². The van der Waals surface area contributed by atoms with Crippen LogP contribution in [0.2, 0.25) is 0 Å². The number of rotatable bonds is 1. The molecule has 1 nitrogen and oxygen atoms in total. The van der Waals surface area contributed by atoms with Gasteiger partial charge in [0.15, 0.2) is 0 Å². The molecule has 0 aliphatic rings. The van der Waals surface area contributed by atoms with E-state index >= 15 is 0 Å². The molecular weight excluding hydrogens is 142 g/mol. The van der Waals surface area contributed by atoms with Gasteiger partial charge in [0.25, 0.3) is 0 Å². The predicted molar refractivity (Wildman–Crippen MR) is 47.5 cm³/mol. The van der Waals surface area contributed by atoms with E-state index < -0.39 is 0 Å². The molecule has 0 amide bonds. The van der Waals surface area contributed by atoms with Gasteiger partial charge in [0.05, 0.1) is 0 Å². The highest BCUT2D eigenvalue weighted by Crippen LogP contribution is 2.17. The van der Waals surface area contributed by atoms with Crippen molar-refractivity contribution in [2.24, 2.45) is 0 Å². The van der Waals surface area contributed by atoms with Crippen molar-refractivity contribution in [2.45, 2.75) is 18.2 Å². The molecule has 0 spiro atoms. The van der Waals surface area contributed by atoms with Gasteiger partial charge in [-0.1, -0.05) is 13.0 Å². The van der Waals surface area contributed by atoms with Crippen LogP contribution in [0.4, 0.5) is 5.69 Å². The van der Waals surface area contributed by atoms with Crippen molar-refractivity contribution in [1.29, 1.82) is 0 Å². The molecule has 0 fully saturated rings. The number of nitrogens with two attached hydrogens (primary N) is 1. The Morgan fingerprint density at radius 1 is 1.50 bits per heavy atom. The van der Waals surface area contributed by atoms with Crippen LogP contribution in [0, 0.1) is 0 Å². The number of hydrogen-bond donors (Lipinski definition) is 2. The minimum Gasteiger partial charge on any atom is -0.399 e. The van der Waals surface area contributed by atoms with Crippen LogP contribution in [0.15, 0.2) is 23.1 Å². The van der Waals surface area contributed by atoms with E-state index in [0.29, 0.717) is 0 Å². The third-order valence-corrected chi connectivity index (χ3v) is 1.91. The average Bonchev–Trinajstić information content (AvgIpc) is 1.88. The predicted octanol–water partition coefficient (Wildman–Crippen LogP) is 2.12. The van der Waals surface area contributed by atoms with E-state index in [-0.39, 0.29) is 0 Å². The number of thiol groups is 1. The van der Waals surface area contributed by atoms with Crippen LogP contribution >= 0.6 is 12.6 Å². The summed E-state index contributed by atoms with van der Waals surface area (Å²) in [5, 5.41) is 0. The Labute approximate surface area is 66.7 Å². The van der Waals surface area contributed by atoms with Gasteiger partial charge in [0.2, 0.25) is 0 Å². The summed E-state index contributed by atoms with van der Waals surface area (Å²) in [4.78, 5) is 0.988. The summed E-state index contributed by atoms with van der Waals surface area (Å²) in [5.41, 5.74) is 7.56. The molecule has 1 aromatic carbocycles. The molecule has 54 valence electrons. The van der Waals surface area contributed by atoms with E-state index in [4.69, 9.17) is 5.73 Å². The monoisotopic (exact) mass is 153 g/mol. The fraction of sp³-hybridized carbons (Fsp3) is 0.250. The van der Waals surface area contributed by atoms with Crippen LogP contribution in [-0.2, 0) is 6.42 Å². The Morgan fingerprint density at radius 3 is 2.70 bits per heavy atom. The zero-order valence-electron chi connectivity index (χ0n) is 5.96. The van der Waals surface area contributed by atoms with Crippen LogP contribution in [0.1, 0.15) is 12.5 Å². The first-order valence-electron chi connectivity index (χ1n) is 3.31.